The molecule has 0 aliphatic rings. The Kier molecular flexibility index (Phi) is 2.77. The van der Waals surface area contributed by atoms with Gasteiger partial charge in [-0.3, -0.25) is 0 Å². The van der Waals surface area contributed by atoms with Gasteiger partial charge in [-0.05, 0) is 20.6 Å². The lowest BCUT2D eigenvalue weighted by Crippen LogP contribution is -1.81. The third-order valence-electron chi connectivity index (χ3n) is 0.581. The number of hydrogen-bond acceptors (Lipinski definition) is 1. The molecule has 2 heteroatoms. The van der Waals surface area contributed by atoms with Gasteiger partial charge in [0.15, 0.2) is 0 Å². The first-order chi connectivity index (χ1) is 3.66. The number of aliphatic imine (C=N–C) groups is 2. The number of allylic oxidation sites excluding steroid dienone is 1. The summed E-state index contributed by atoms with van der Waals surface area (Å²) in [6.45, 7) is 10.5. The van der Waals surface area contributed by atoms with Gasteiger partial charge < -0.3 is 0 Å². The van der Waals surface area contributed by atoms with Crippen molar-refractivity contribution in [3.05, 3.63) is 12.3 Å². The maximum atomic E-state index is 3.89. The van der Waals surface area contributed by atoms with Crippen LogP contribution in [0.2, 0.25) is 0 Å². The van der Waals surface area contributed by atoms with Gasteiger partial charge in [0, 0.05) is 5.70 Å². The molecule has 0 aliphatic heterocycles. The van der Waals surface area contributed by atoms with Crippen LogP contribution in [0.4, 0.5) is 0 Å². The predicted octanol–water partition coefficient (Wildman–Crippen LogP) is 1.64. The fourth-order valence-corrected chi connectivity index (χ4v) is 0.312. The van der Waals surface area contributed by atoms with Gasteiger partial charge in [-0.25, -0.2) is 9.98 Å². The van der Waals surface area contributed by atoms with E-state index in [2.05, 4.69) is 23.3 Å². The van der Waals surface area contributed by atoms with Crippen LogP contribution in [0.3, 0.4) is 0 Å². The third-order valence-corrected chi connectivity index (χ3v) is 0.581. The Bertz CT molecular complexity index is 133. The molecular formula is C6H10N2. The zero-order valence-electron chi connectivity index (χ0n) is 5.31. The van der Waals surface area contributed by atoms with E-state index in [0.29, 0.717) is 5.84 Å². The van der Waals surface area contributed by atoms with Gasteiger partial charge >= 0.3 is 0 Å². The Morgan fingerprint density at radius 1 is 1.38 bits per heavy atom. The summed E-state index contributed by atoms with van der Waals surface area (Å²) in [5.41, 5.74) is 0.759. The largest absolute Gasteiger partial charge is 0.250 e. The van der Waals surface area contributed by atoms with Crippen molar-refractivity contribution in [1.82, 2.24) is 0 Å². The van der Waals surface area contributed by atoms with Crippen LogP contribution in [0.15, 0.2) is 22.3 Å². The molecule has 0 rings (SSSR count). The highest BCUT2D eigenvalue weighted by Gasteiger charge is 1.79. The van der Waals surface area contributed by atoms with Crippen LogP contribution in [0, 0.1) is 0 Å². The average molecular weight is 110 g/mol. The molecule has 0 N–H and O–H groups in total. The minimum atomic E-state index is 0.664. The second-order valence-electron chi connectivity index (χ2n) is 1.55. The molecule has 0 aromatic rings. The Balaban J connectivity index is 3.94. The summed E-state index contributed by atoms with van der Waals surface area (Å²) in [5.74, 6) is 0.664. The Hall–Kier alpha value is -0.920. The van der Waals surface area contributed by atoms with Gasteiger partial charge in [0.25, 0.3) is 0 Å². The molecule has 0 unspecified atom stereocenters. The molecule has 0 aliphatic carbocycles. The Labute approximate surface area is 49.7 Å². The van der Waals surface area contributed by atoms with Gasteiger partial charge in [0.2, 0.25) is 0 Å². The van der Waals surface area contributed by atoms with Crippen molar-refractivity contribution in [2.45, 2.75) is 13.8 Å². The van der Waals surface area contributed by atoms with E-state index in [1.807, 2.05) is 6.92 Å². The molecule has 0 heterocycles. The molecule has 0 aromatic carbocycles. The molecule has 0 saturated carbocycles. The zero-order valence-corrected chi connectivity index (χ0v) is 5.31. The second kappa shape index (κ2) is 3.13. The molecule has 0 spiro atoms. The molecule has 0 fully saturated rings. The smallest absolute Gasteiger partial charge is 0.124 e. The normalized spacial score (nSPS) is 11.0. The molecule has 44 valence electrons. The summed E-state index contributed by atoms with van der Waals surface area (Å²) in [6, 6.07) is 0. The van der Waals surface area contributed by atoms with Gasteiger partial charge in [-0.2, -0.15) is 0 Å². The standard InChI is InChI=1S/C6H10N2/c1-5(2)8-6(3)7-4/h1,4H2,2-3H3/b8-6-. The van der Waals surface area contributed by atoms with E-state index in [1.165, 1.54) is 0 Å². The maximum Gasteiger partial charge on any atom is 0.124 e. The van der Waals surface area contributed by atoms with E-state index in [1.54, 1.807) is 6.92 Å². The highest BCUT2D eigenvalue weighted by atomic mass is 14.9. The van der Waals surface area contributed by atoms with Crippen molar-refractivity contribution in [2.24, 2.45) is 9.98 Å². The van der Waals surface area contributed by atoms with Crippen molar-refractivity contribution in [3.8, 4) is 0 Å². The van der Waals surface area contributed by atoms with E-state index in [0.717, 1.165) is 5.70 Å². The van der Waals surface area contributed by atoms with E-state index in [9.17, 15) is 0 Å². The summed E-state index contributed by atoms with van der Waals surface area (Å²) in [6.07, 6.45) is 0. The molecular weight excluding hydrogens is 100 g/mol. The molecule has 0 aromatic heterocycles. The summed E-state index contributed by atoms with van der Waals surface area (Å²) >= 11 is 0. The Morgan fingerprint density at radius 3 is 2.00 bits per heavy atom. The molecule has 0 atom stereocenters. The minimum Gasteiger partial charge on any atom is -0.250 e. The van der Waals surface area contributed by atoms with Crippen LogP contribution in [-0.2, 0) is 0 Å². The summed E-state index contributed by atoms with van der Waals surface area (Å²) in [4.78, 5) is 7.46. The van der Waals surface area contributed by atoms with E-state index in [-0.39, 0.29) is 0 Å². The summed E-state index contributed by atoms with van der Waals surface area (Å²) in [5, 5.41) is 0. The molecule has 0 radical (unpaired) electrons. The van der Waals surface area contributed by atoms with Crippen LogP contribution >= 0.6 is 0 Å². The highest BCUT2D eigenvalue weighted by Crippen LogP contribution is 1.89. The van der Waals surface area contributed by atoms with Crippen LogP contribution in [-0.4, -0.2) is 12.6 Å². The van der Waals surface area contributed by atoms with E-state index < -0.39 is 0 Å². The van der Waals surface area contributed by atoms with Crippen molar-refractivity contribution in [1.29, 1.82) is 0 Å². The number of hydrogen-bond donors (Lipinski definition) is 0. The monoisotopic (exact) mass is 110 g/mol. The second-order valence-corrected chi connectivity index (χ2v) is 1.55. The summed E-state index contributed by atoms with van der Waals surface area (Å²) < 4.78 is 0. The first kappa shape index (κ1) is 7.08. The van der Waals surface area contributed by atoms with Crippen LogP contribution in [0.25, 0.3) is 0 Å². The molecule has 0 saturated heterocycles. The Morgan fingerprint density at radius 2 is 1.88 bits per heavy atom. The predicted molar refractivity (Wildman–Crippen MR) is 37.5 cm³/mol. The number of nitrogens with zero attached hydrogens (tertiary/aromatic N) is 2. The van der Waals surface area contributed by atoms with Crippen molar-refractivity contribution in [2.75, 3.05) is 0 Å². The van der Waals surface area contributed by atoms with Crippen LogP contribution < -0.4 is 0 Å². The van der Waals surface area contributed by atoms with Crippen molar-refractivity contribution < 1.29 is 0 Å². The highest BCUT2D eigenvalue weighted by molar-refractivity contribution is 5.84. The fourth-order valence-electron chi connectivity index (χ4n) is 0.312. The molecule has 0 bridgehead atoms. The lowest BCUT2D eigenvalue weighted by atomic mass is 10.6. The fraction of sp³-hybridized carbons (Fsp3) is 0.333. The molecule has 8 heavy (non-hydrogen) atoms. The van der Waals surface area contributed by atoms with E-state index >= 15 is 0 Å². The van der Waals surface area contributed by atoms with E-state index in [4.69, 9.17) is 0 Å². The molecule has 0 amide bonds. The zero-order chi connectivity index (χ0) is 6.57. The summed E-state index contributed by atoms with van der Waals surface area (Å²) in [7, 11) is 0. The quantitative estimate of drug-likeness (QED) is 0.362. The van der Waals surface area contributed by atoms with Gasteiger partial charge in [0.1, 0.15) is 5.84 Å². The minimum absolute atomic E-state index is 0.664. The topological polar surface area (TPSA) is 24.7 Å². The maximum absolute atomic E-state index is 3.89. The van der Waals surface area contributed by atoms with Gasteiger partial charge in [-0.15, -0.1) is 0 Å². The third kappa shape index (κ3) is 3.28. The lowest BCUT2D eigenvalue weighted by molar-refractivity contribution is 1.30. The average Bonchev–Trinajstić information content (AvgIpc) is 1.65. The van der Waals surface area contributed by atoms with Crippen LogP contribution in [0.5, 0.6) is 0 Å². The number of rotatable bonds is 1. The number of amidine groups is 1. The first-order valence-corrected chi connectivity index (χ1v) is 2.34. The van der Waals surface area contributed by atoms with Gasteiger partial charge in [0.05, 0.1) is 0 Å². The van der Waals surface area contributed by atoms with Crippen molar-refractivity contribution in [3.63, 3.8) is 0 Å². The van der Waals surface area contributed by atoms with Crippen LogP contribution in [0.1, 0.15) is 13.8 Å². The first-order valence-electron chi connectivity index (χ1n) is 2.34. The van der Waals surface area contributed by atoms with Gasteiger partial charge in [-0.1, -0.05) is 6.58 Å². The lowest BCUT2D eigenvalue weighted by Gasteiger charge is -1.87. The van der Waals surface area contributed by atoms with Crippen molar-refractivity contribution >= 4 is 12.6 Å². The SMILES string of the molecule is C=N/C(C)=N\C(=C)C. The molecule has 2 nitrogen and oxygen atoms in total.